The SMILES string of the molecule is NC(CCOc1cccc(C([C]=O)=NO)c1)C(=O)O. The summed E-state index contributed by atoms with van der Waals surface area (Å²) in [5.41, 5.74) is 5.42. The molecule has 101 valence electrons. The molecule has 0 amide bonds. The van der Waals surface area contributed by atoms with E-state index in [2.05, 4.69) is 5.16 Å². The summed E-state index contributed by atoms with van der Waals surface area (Å²) in [7, 11) is 0. The first-order valence-electron chi connectivity index (χ1n) is 5.40. The van der Waals surface area contributed by atoms with Crippen molar-refractivity contribution in [2.24, 2.45) is 10.9 Å². The summed E-state index contributed by atoms with van der Waals surface area (Å²) >= 11 is 0. The number of carboxylic acids is 1. The highest BCUT2D eigenvalue weighted by atomic mass is 16.5. The maximum Gasteiger partial charge on any atom is 0.320 e. The Kier molecular flexibility index (Phi) is 5.49. The smallest absolute Gasteiger partial charge is 0.320 e. The molecule has 0 aliphatic rings. The van der Waals surface area contributed by atoms with E-state index in [4.69, 9.17) is 20.8 Å². The van der Waals surface area contributed by atoms with Crippen LogP contribution in [0.2, 0.25) is 0 Å². The molecule has 1 atom stereocenters. The van der Waals surface area contributed by atoms with Gasteiger partial charge in [0.15, 0.2) is 5.71 Å². The summed E-state index contributed by atoms with van der Waals surface area (Å²) in [5.74, 6) is -0.686. The molecule has 0 aliphatic heterocycles. The molecule has 7 heteroatoms. The van der Waals surface area contributed by atoms with Gasteiger partial charge in [0.25, 0.3) is 6.29 Å². The number of ether oxygens (including phenoxy) is 1. The van der Waals surface area contributed by atoms with Crippen molar-refractivity contribution in [3.63, 3.8) is 0 Å². The lowest BCUT2D eigenvalue weighted by Gasteiger charge is -2.09. The maximum absolute atomic E-state index is 10.5. The average Bonchev–Trinajstić information content (AvgIpc) is 2.40. The van der Waals surface area contributed by atoms with E-state index in [-0.39, 0.29) is 18.7 Å². The van der Waals surface area contributed by atoms with Crippen LogP contribution in [0.3, 0.4) is 0 Å². The molecule has 0 aliphatic carbocycles. The number of carbonyl (C=O) groups excluding carboxylic acids is 1. The Labute approximate surface area is 109 Å². The normalized spacial score (nSPS) is 12.8. The largest absolute Gasteiger partial charge is 0.493 e. The lowest BCUT2D eigenvalue weighted by molar-refractivity contribution is -0.138. The van der Waals surface area contributed by atoms with E-state index in [0.29, 0.717) is 11.3 Å². The predicted octanol–water partition coefficient (Wildman–Crippen LogP) is 0.155. The van der Waals surface area contributed by atoms with Gasteiger partial charge in [-0.1, -0.05) is 17.3 Å². The summed E-state index contributed by atoms with van der Waals surface area (Å²) in [5, 5.41) is 20.0. The lowest BCUT2D eigenvalue weighted by Crippen LogP contribution is -2.31. The third kappa shape index (κ3) is 4.40. The van der Waals surface area contributed by atoms with E-state index in [1.165, 1.54) is 12.4 Å². The first kappa shape index (κ1) is 14.7. The standard InChI is InChI=1S/C12H13N2O5/c13-10(12(16)17)4-5-19-9-3-1-2-8(6-9)11(7-15)14-18/h1-3,6,10,18H,4-5,13H2,(H,16,17). The summed E-state index contributed by atoms with van der Waals surface area (Å²) in [6, 6.07) is 5.27. The van der Waals surface area contributed by atoms with Crippen molar-refractivity contribution in [2.45, 2.75) is 12.5 Å². The minimum atomic E-state index is -1.09. The zero-order valence-electron chi connectivity index (χ0n) is 9.94. The number of nitrogens with two attached hydrogens (primary N) is 1. The van der Waals surface area contributed by atoms with E-state index in [0.717, 1.165) is 0 Å². The Bertz CT molecular complexity index is 487. The fourth-order valence-electron chi connectivity index (χ4n) is 1.30. The van der Waals surface area contributed by atoms with Crippen molar-refractivity contribution in [3.8, 4) is 5.75 Å². The van der Waals surface area contributed by atoms with Gasteiger partial charge < -0.3 is 20.8 Å². The number of carbonyl (C=O) groups is 1. The van der Waals surface area contributed by atoms with Crippen LogP contribution in [0.5, 0.6) is 5.75 Å². The molecule has 1 aromatic carbocycles. The molecule has 1 rings (SSSR count). The molecule has 0 spiro atoms. The summed E-state index contributed by atoms with van der Waals surface area (Å²) in [6.45, 7) is 0.118. The number of aliphatic carboxylic acids is 1. The summed E-state index contributed by atoms with van der Waals surface area (Å²) in [4.78, 5) is 21.0. The second-order valence-corrected chi connectivity index (χ2v) is 3.66. The zero-order valence-corrected chi connectivity index (χ0v) is 9.94. The van der Waals surface area contributed by atoms with Crippen molar-refractivity contribution >= 4 is 18.0 Å². The molecule has 0 saturated heterocycles. The molecule has 1 aromatic rings. The fraction of sp³-hybridized carbons (Fsp3) is 0.250. The van der Waals surface area contributed by atoms with E-state index in [1.807, 2.05) is 0 Å². The molecular weight excluding hydrogens is 252 g/mol. The van der Waals surface area contributed by atoms with E-state index >= 15 is 0 Å². The van der Waals surface area contributed by atoms with Crippen molar-refractivity contribution in [1.29, 1.82) is 0 Å². The van der Waals surface area contributed by atoms with Crippen LogP contribution in [0.4, 0.5) is 0 Å². The minimum absolute atomic E-state index is 0.118. The molecule has 19 heavy (non-hydrogen) atoms. The number of hydrogen-bond acceptors (Lipinski definition) is 6. The van der Waals surface area contributed by atoms with Gasteiger partial charge in [0.2, 0.25) is 0 Å². The zero-order chi connectivity index (χ0) is 14.3. The molecule has 0 heterocycles. The molecule has 1 radical (unpaired) electrons. The van der Waals surface area contributed by atoms with Crippen molar-refractivity contribution in [2.75, 3.05) is 6.61 Å². The molecular formula is C12H13N2O5. The van der Waals surface area contributed by atoms with Gasteiger partial charge in [-0.15, -0.1) is 0 Å². The second kappa shape index (κ2) is 7.12. The molecule has 7 nitrogen and oxygen atoms in total. The van der Waals surface area contributed by atoms with Gasteiger partial charge in [-0.2, -0.15) is 0 Å². The van der Waals surface area contributed by atoms with Gasteiger partial charge in [-0.25, -0.2) is 0 Å². The number of carboxylic acid groups (broad SMARTS) is 1. The molecule has 0 fully saturated rings. The number of oxime groups is 1. The molecule has 1 unspecified atom stereocenters. The Morgan fingerprint density at radius 1 is 1.53 bits per heavy atom. The van der Waals surface area contributed by atoms with Crippen molar-refractivity contribution in [3.05, 3.63) is 29.8 Å². The maximum atomic E-state index is 10.5. The minimum Gasteiger partial charge on any atom is -0.493 e. The fourth-order valence-corrected chi connectivity index (χ4v) is 1.30. The quantitative estimate of drug-likeness (QED) is 0.366. The number of rotatable bonds is 7. The summed E-state index contributed by atoms with van der Waals surface area (Å²) in [6.07, 6.45) is 1.63. The highest BCUT2D eigenvalue weighted by Gasteiger charge is 2.11. The van der Waals surface area contributed by atoms with Crippen LogP contribution in [0, 0.1) is 0 Å². The van der Waals surface area contributed by atoms with E-state index in [1.54, 1.807) is 18.2 Å². The van der Waals surface area contributed by atoms with Gasteiger partial charge in [-0.05, 0) is 12.1 Å². The van der Waals surface area contributed by atoms with Crippen LogP contribution in [0.15, 0.2) is 29.4 Å². The third-order valence-corrected chi connectivity index (χ3v) is 2.32. The van der Waals surface area contributed by atoms with Crippen LogP contribution in [-0.4, -0.2) is 40.9 Å². The van der Waals surface area contributed by atoms with Crippen LogP contribution in [-0.2, 0) is 9.59 Å². The third-order valence-electron chi connectivity index (χ3n) is 2.32. The van der Waals surface area contributed by atoms with Crippen LogP contribution in [0.1, 0.15) is 12.0 Å². The lowest BCUT2D eigenvalue weighted by atomic mass is 10.1. The molecule has 0 bridgehead atoms. The number of hydrogen-bond donors (Lipinski definition) is 3. The first-order chi connectivity index (χ1) is 9.08. The van der Waals surface area contributed by atoms with Crippen LogP contribution >= 0.6 is 0 Å². The molecule has 0 saturated carbocycles. The number of nitrogens with zero attached hydrogens (tertiary/aromatic N) is 1. The van der Waals surface area contributed by atoms with Gasteiger partial charge in [0.05, 0.1) is 6.61 Å². The van der Waals surface area contributed by atoms with Crippen molar-refractivity contribution in [1.82, 2.24) is 0 Å². The number of benzene rings is 1. The molecule has 4 N–H and O–H groups in total. The van der Waals surface area contributed by atoms with Gasteiger partial charge in [0.1, 0.15) is 11.8 Å². The van der Waals surface area contributed by atoms with Gasteiger partial charge >= 0.3 is 5.97 Å². The Hall–Kier alpha value is -2.41. The van der Waals surface area contributed by atoms with Gasteiger partial charge in [-0.3, -0.25) is 9.59 Å². The van der Waals surface area contributed by atoms with Crippen LogP contribution < -0.4 is 10.5 Å². The van der Waals surface area contributed by atoms with Gasteiger partial charge in [0, 0.05) is 12.0 Å². The Morgan fingerprint density at radius 3 is 2.84 bits per heavy atom. The van der Waals surface area contributed by atoms with E-state index in [9.17, 15) is 9.59 Å². The van der Waals surface area contributed by atoms with E-state index < -0.39 is 12.0 Å². The monoisotopic (exact) mass is 265 g/mol. The highest BCUT2D eigenvalue weighted by Crippen LogP contribution is 2.14. The summed E-state index contributed by atoms with van der Waals surface area (Å²) < 4.78 is 5.30. The average molecular weight is 265 g/mol. The Morgan fingerprint density at radius 2 is 2.26 bits per heavy atom. The first-order valence-corrected chi connectivity index (χ1v) is 5.40. The Balaban J connectivity index is 2.63. The highest BCUT2D eigenvalue weighted by molar-refractivity contribution is 6.36. The predicted molar refractivity (Wildman–Crippen MR) is 66.2 cm³/mol. The molecule has 0 aromatic heterocycles. The van der Waals surface area contributed by atoms with Crippen LogP contribution in [0.25, 0.3) is 0 Å². The van der Waals surface area contributed by atoms with Crippen molar-refractivity contribution < 1.29 is 24.6 Å². The topological polar surface area (TPSA) is 122 Å². The second-order valence-electron chi connectivity index (χ2n) is 3.66.